The van der Waals surface area contributed by atoms with Gasteiger partial charge in [0.05, 0.1) is 17.2 Å². The van der Waals surface area contributed by atoms with Crippen LogP contribution in [0.3, 0.4) is 0 Å². The summed E-state index contributed by atoms with van der Waals surface area (Å²) < 4.78 is 35.5. The molecule has 2 amide bonds. The Kier molecular flexibility index (Phi) is 7.81. The first kappa shape index (κ1) is 29.3. The Morgan fingerprint density at radius 2 is 1.61 bits per heavy atom. The number of hydrogen-bond acceptors (Lipinski definition) is 7. The minimum Gasteiger partial charge on any atom is -0.477 e. The molecule has 11 heteroatoms. The number of fused-ring (bicyclic) bond motifs is 4. The number of likely N-dealkylation sites (tertiary alicyclic amines) is 1. The SMILES string of the molecule is Cc1cccc(C)c1-c1cc2nc(n1)NS(=O)(=O)c1cccc(c1)C(=O)NCC1(CCN(C(=O)c3ccccc3)CC1)CO2. The van der Waals surface area contributed by atoms with Gasteiger partial charge in [0.2, 0.25) is 11.8 Å². The Balaban J connectivity index is 1.37. The number of nitrogens with one attached hydrogen (secondary N) is 2. The van der Waals surface area contributed by atoms with Crippen molar-refractivity contribution in [2.45, 2.75) is 31.6 Å². The number of aromatic nitrogens is 2. The number of nitrogens with zero attached hydrogens (tertiary/aromatic N) is 3. The fraction of sp³-hybridized carbons (Fsp3) is 0.273. The van der Waals surface area contributed by atoms with Crippen molar-refractivity contribution in [1.29, 1.82) is 0 Å². The molecule has 44 heavy (non-hydrogen) atoms. The predicted molar refractivity (Wildman–Crippen MR) is 166 cm³/mol. The number of carbonyl (C=O) groups is 2. The number of carbonyl (C=O) groups excluding carboxylic acids is 2. The van der Waals surface area contributed by atoms with Crippen LogP contribution in [0.1, 0.15) is 44.7 Å². The zero-order chi connectivity index (χ0) is 30.9. The van der Waals surface area contributed by atoms with Gasteiger partial charge in [0, 0.05) is 47.8 Å². The minimum atomic E-state index is -4.12. The van der Waals surface area contributed by atoms with Gasteiger partial charge in [-0.2, -0.15) is 4.98 Å². The third-order valence-corrected chi connectivity index (χ3v) is 9.68. The summed E-state index contributed by atoms with van der Waals surface area (Å²) in [6.07, 6.45) is 1.17. The zero-order valence-corrected chi connectivity index (χ0v) is 25.4. The van der Waals surface area contributed by atoms with Crippen molar-refractivity contribution in [3.05, 3.63) is 101 Å². The maximum Gasteiger partial charge on any atom is 0.264 e. The lowest BCUT2D eigenvalue weighted by Gasteiger charge is -2.41. The highest BCUT2D eigenvalue weighted by Crippen LogP contribution is 2.34. The second-order valence-electron chi connectivity index (χ2n) is 11.4. The van der Waals surface area contributed by atoms with Crippen molar-refractivity contribution in [3.63, 3.8) is 0 Å². The Morgan fingerprint density at radius 1 is 0.909 bits per heavy atom. The van der Waals surface area contributed by atoms with Crippen LogP contribution in [0.25, 0.3) is 11.3 Å². The highest BCUT2D eigenvalue weighted by Gasteiger charge is 2.38. The molecule has 0 atom stereocenters. The summed E-state index contributed by atoms with van der Waals surface area (Å²) in [6.45, 7) is 5.38. The number of anilines is 1. The van der Waals surface area contributed by atoms with E-state index in [9.17, 15) is 18.0 Å². The van der Waals surface area contributed by atoms with Crippen molar-refractivity contribution >= 4 is 27.8 Å². The van der Waals surface area contributed by atoms with Gasteiger partial charge in [-0.3, -0.25) is 9.59 Å². The molecule has 0 radical (unpaired) electrons. The van der Waals surface area contributed by atoms with Crippen LogP contribution in [0.4, 0.5) is 5.95 Å². The van der Waals surface area contributed by atoms with Gasteiger partial charge in [-0.1, -0.05) is 42.5 Å². The zero-order valence-electron chi connectivity index (χ0n) is 24.5. The molecule has 10 nitrogen and oxygen atoms in total. The number of aryl methyl sites for hydroxylation is 2. The summed E-state index contributed by atoms with van der Waals surface area (Å²) in [7, 11) is -4.12. The van der Waals surface area contributed by atoms with Gasteiger partial charge in [0.15, 0.2) is 0 Å². The molecular weight excluding hydrogens is 578 g/mol. The molecule has 2 aliphatic heterocycles. The average Bonchev–Trinajstić information content (AvgIpc) is 3.02. The molecule has 1 aromatic heterocycles. The van der Waals surface area contributed by atoms with Gasteiger partial charge < -0.3 is 15.0 Å². The summed E-state index contributed by atoms with van der Waals surface area (Å²) in [6, 6.07) is 22.6. The first-order chi connectivity index (χ1) is 21.1. The van der Waals surface area contributed by atoms with Crippen LogP contribution in [0.15, 0.2) is 83.8 Å². The monoisotopic (exact) mass is 611 g/mol. The van der Waals surface area contributed by atoms with Crippen LogP contribution in [-0.4, -0.2) is 61.3 Å². The molecule has 3 aromatic carbocycles. The van der Waals surface area contributed by atoms with E-state index in [0.29, 0.717) is 37.2 Å². The largest absolute Gasteiger partial charge is 0.477 e. The molecule has 2 N–H and O–H groups in total. The Bertz CT molecular complexity index is 1820. The van der Waals surface area contributed by atoms with Crippen molar-refractivity contribution < 1.29 is 22.7 Å². The first-order valence-electron chi connectivity index (χ1n) is 14.5. The van der Waals surface area contributed by atoms with Gasteiger partial charge in [0.25, 0.3) is 21.8 Å². The molecule has 1 spiro atoms. The van der Waals surface area contributed by atoms with Crippen LogP contribution < -0.4 is 14.8 Å². The summed E-state index contributed by atoms with van der Waals surface area (Å²) in [4.78, 5) is 37.1. The van der Waals surface area contributed by atoms with E-state index in [1.807, 2.05) is 55.1 Å². The van der Waals surface area contributed by atoms with Crippen LogP contribution in [0.5, 0.6) is 5.88 Å². The maximum absolute atomic E-state index is 13.4. The van der Waals surface area contributed by atoms with Crippen LogP contribution in [0.2, 0.25) is 0 Å². The number of ether oxygens (including phenoxy) is 1. The van der Waals surface area contributed by atoms with E-state index >= 15 is 0 Å². The smallest absolute Gasteiger partial charge is 0.264 e. The van der Waals surface area contributed by atoms with E-state index in [1.54, 1.807) is 24.3 Å². The number of amides is 2. The van der Waals surface area contributed by atoms with Crippen molar-refractivity contribution in [2.24, 2.45) is 5.41 Å². The average molecular weight is 612 g/mol. The molecule has 6 rings (SSSR count). The molecule has 0 aliphatic carbocycles. The van der Waals surface area contributed by atoms with Gasteiger partial charge in [-0.25, -0.2) is 18.1 Å². The highest BCUT2D eigenvalue weighted by molar-refractivity contribution is 7.92. The number of rotatable bonds is 2. The van der Waals surface area contributed by atoms with Crippen LogP contribution in [0, 0.1) is 19.3 Å². The van der Waals surface area contributed by atoms with E-state index < -0.39 is 21.3 Å². The normalized spacial score (nSPS) is 17.5. The Morgan fingerprint density at radius 3 is 2.34 bits per heavy atom. The summed E-state index contributed by atoms with van der Waals surface area (Å²) >= 11 is 0. The number of benzene rings is 3. The van der Waals surface area contributed by atoms with Gasteiger partial charge >= 0.3 is 0 Å². The Labute approximate surface area is 256 Å². The third-order valence-electron chi connectivity index (χ3n) is 8.35. The lowest BCUT2D eigenvalue weighted by molar-refractivity contribution is 0.0395. The number of piperidine rings is 1. The molecule has 0 unspecified atom stereocenters. The van der Waals surface area contributed by atoms with Gasteiger partial charge in [-0.05, 0) is 68.1 Å². The lowest BCUT2D eigenvalue weighted by atomic mass is 9.78. The second kappa shape index (κ2) is 11.7. The molecular formula is C33H33N5O5S. The Hall–Kier alpha value is -4.77. The van der Waals surface area contributed by atoms with Crippen molar-refractivity contribution in [1.82, 2.24) is 20.2 Å². The molecule has 226 valence electrons. The standard InChI is InChI=1S/C33H33N5O5S/c1-22-8-6-9-23(2)29(22)27-19-28-36-32(35-27)37-44(41,42)26-13-7-12-25(18-26)30(39)34-20-33(21-43-28)14-16-38(17-15-33)31(40)24-10-4-3-5-11-24/h3-13,18-19H,14-17,20-21H2,1-2H3,(H,34,39)(H,35,36,37). The highest BCUT2D eigenvalue weighted by atomic mass is 32.2. The molecule has 1 saturated heterocycles. The predicted octanol–water partition coefficient (Wildman–Crippen LogP) is 4.61. The number of sulfonamides is 1. The fourth-order valence-corrected chi connectivity index (χ4v) is 6.78. The van der Waals surface area contributed by atoms with E-state index in [2.05, 4.69) is 20.0 Å². The molecule has 0 saturated carbocycles. The number of hydrogen-bond donors (Lipinski definition) is 2. The topological polar surface area (TPSA) is 131 Å². The molecule has 4 bridgehead atoms. The summed E-state index contributed by atoms with van der Waals surface area (Å²) in [5.41, 5.74) is 3.67. The molecule has 2 aliphatic rings. The van der Waals surface area contributed by atoms with Gasteiger partial charge in [-0.15, -0.1) is 0 Å². The fourth-order valence-electron chi connectivity index (χ4n) is 5.79. The van der Waals surface area contributed by atoms with E-state index in [4.69, 9.17) is 4.74 Å². The molecule has 1 fully saturated rings. The first-order valence-corrected chi connectivity index (χ1v) is 15.9. The minimum absolute atomic E-state index is 0.0333. The van der Waals surface area contributed by atoms with Crippen LogP contribution in [-0.2, 0) is 10.0 Å². The third kappa shape index (κ3) is 6.00. The van der Waals surface area contributed by atoms with Crippen molar-refractivity contribution in [2.75, 3.05) is 31.0 Å². The summed E-state index contributed by atoms with van der Waals surface area (Å²) in [5.74, 6) is -0.360. The molecule has 4 aromatic rings. The van der Waals surface area contributed by atoms with Gasteiger partial charge in [0.1, 0.15) is 0 Å². The second-order valence-corrected chi connectivity index (χ2v) is 13.1. The summed E-state index contributed by atoms with van der Waals surface area (Å²) in [5, 5.41) is 3.00. The van der Waals surface area contributed by atoms with E-state index in [-0.39, 0.29) is 41.3 Å². The quantitative estimate of drug-likeness (QED) is 0.339. The van der Waals surface area contributed by atoms with E-state index in [1.165, 1.54) is 18.2 Å². The van der Waals surface area contributed by atoms with Crippen LogP contribution >= 0.6 is 0 Å². The van der Waals surface area contributed by atoms with Crippen molar-refractivity contribution in [3.8, 4) is 17.1 Å². The lowest BCUT2D eigenvalue weighted by Crippen LogP contribution is -2.50. The van der Waals surface area contributed by atoms with E-state index in [0.717, 1.165) is 16.7 Å². The maximum atomic E-state index is 13.4. The molecule has 3 heterocycles.